The van der Waals surface area contributed by atoms with E-state index >= 15 is 9.59 Å². The lowest BCUT2D eigenvalue weighted by atomic mass is 9.47. The average molecular weight is 946 g/mol. The van der Waals surface area contributed by atoms with Gasteiger partial charge < -0.3 is 49.0 Å². The van der Waals surface area contributed by atoms with Crippen LogP contribution in [-0.4, -0.2) is 144 Å². The van der Waals surface area contributed by atoms with Gasteiger partial charge >= 0.3 is 13.6 Å². The van der Waals surface area contributed by atoms with Gasteiger partial charge in [0, 0.05) is 84.0 Å². The lowest BCUT2D eigenvalue weighted by Crippen LogP contribution is -2.82. The average Bonchev–Trinajstić information content (AvgIpc) is 3.97. The highest BCUT2D eigenvalue weighted by Gasteiger charge is 2.79. The van der Waals surface area contributed by atoms with E-state index < -0.39 is 70.8 Å². The number of methoxy groups -OCH3 is 2. The van der Waals surface area contributed by atoms with E-state index in [0.29, 0.717) is 88.2 Å². The molecular formula is C51H72N5O10P. The Hall–Kier alpha value is -3.79. The van der Waals surface area contributed by atoms with Gasteiger partial charge in [-0.25, -0.2) is 0 Å². The van der Waals surface area contributed by atoms with Gasteiger partial charge in [-0.3, -0.25) is 24.0 Å². The fraction of sp³-hybridized carbons (Fsp3) is 0.647. The standard InChI is InChI=1S/C51H72N5O10P/c1-10-47(60)27-32-28-50(46(59)64-9,40-34(19-23-55(29-32)30-47)33-17-14-15-18-37(33)52-40)36-25-35-38(26-39(36)63-8)54(7)43-49(35)21-24-56-22-16-20-48(11-2,42(49)56)44(57)51(43,61)45(58)53-41(31(5)6)67(62,65-12-3)66-13-4/h14-18,20,25-26,31-32,41-44,52,57,60-61H,10-13,19,21-24,27-30H2,1-9H3,(H,53,58)/t32-,41-,42+,43-,44-,47+,48-,49?,50+,51-/m1/s1. The molecule has 1 spiro atoms. The van der Waals surface area contributed by atoms with Crippen molar-refractivity contribution in [2.45, 2.75) is 126 Å². The van der Waals surface area contributed by atoms with E-state index in [9.17, 15) is 19.9 Å². The minimum atomic E-state index is -3.97. The number of ether oxygens (including phenoxy) is 2. The lowest BCUT2D eigenvalue weighted by Gasteiger charge is -2.63. The molecule has 2 bridgehead atoms. The Labute approximate surface area is 395 Å². The topological polar surface area (TPSA) is 186 Å². The normalized spacial score (nSPS) is 34.9. The van der Waals surface area contributed by atoms with Crippen LogP contribution >= 0.6 is 7.60 Å². The first kappa shape index (κ1) is 48.2. The summed E-state index contributed by atoms with van der Waals surface area (Å²) in [4.78, 5) is 41.4. The van der Waals surface area contributed by atoms with E-state index in [4.69, 9.17) is 18.5 Å². The Morgan fingerprint density at radius 1 is 0.985 bits per heavy atom. The molecule has 5 aliphatic heterocycles. The number of rotatable bonds is 13. The molecule has 6 heterocycles. The Balaban J connectivity index is 1.31. The number of benzene rings is 2. The van der Waals surface area contributed by atoms with E-state index in [2.05, 4.69) is 32.2 Å². The zero-order valence-corrected chi connectivity index (χ0v) is 41.7. The zero-order chi connectivity index (χ0) is 48.1. The molecule has 67 heavy (non-hydrogen) atoms. The van der Waals surface area contributed by atoms with Gasteiger partial charge in [0.05, 0.1) is 39.1 Å². The quantitative estimate of drug-likeness (QED) is 0.0810. The number of carbonyl (C=O) groups excluding carboxylic acids is 2. The number of fused-ring (bicyclic) bond motifs is 6. The van der Waals surface area contributed by atoms with Crippen LogP contribution in [-0.2, 0) is 45.2 Å². The summed E-state index contributed by atoms with van der Waals surface area (Å²) < 4.78 is 38.5. The first-order valence-corrected chi connectivity index (χ1v) is 26.2. The van der Waals surface area contributed by atoms with E-state index in [-0.39, 0.29) is 25.2 Å². The van der Waals surface area contributed by atoms with Crippen LogP contribution in [0.4, 0.5) is 5.69 Å². The molecule has 1 amide bonds. The number of aromatic amines is 1. The second-order valence-electron chi connectivity index (χ2n) is 20.7. The zero-order valence-electron chi connectivity index (χ0n) is 40.8. The molecule has 3 aromatic rings. The Morgan fingerprint density at radius 2 is 1.72 bits per heavy atom. The molecule has 366 valence electrons. The van der Waals surface area contributed by atoms with E-state index in [1.807, 2.05) is 76.1 Å². The molecule has 2 unspecified atom stereocenters. The van der Waals surface area contributed by atoms with Crippen molar-refractivity contribution >= 4 is 36.1 Å². The number of aliphatic hydroxyl groups is 3. The molecule has 1 aliphatic carbocycles. The first-order chi connectivity index (χ1) is 31.9. The van der Waals surface area contributed by atoms with Crippen molar-refractivity contribution in [3.8, 4) is 5.75 Å². The highest BCUT2D eigenvalue weighted by Crippen LogP contribution is 2.68. The van der Waals surface area contributed by atoms with Gasteiger partial charge in [0.2, 0.25) is 0 Å². The van der Waals surface area contributed by atoms with Gasteiger partial charge in [-0.1, -0.05) is 58.0 Å². The maximum Gasteiger partial charge on any atom is 0.352 e. The van der Waals surface area contributed by atoms with Crippen LogP contribution in [0.5, 0.6) is 5.75 Å². The molecular weight excluding hydrogens is 874 g/mol. The highest BCUT2D eigenvalue weighted by atomic mass is 31.2. The van der Waals surface area contributed by atoms with Crippen LogP contribution < -0.4 is 15.0 Å². The van der Waals surface area contributed by atoms with Crippen molar-refractivity contribution in [1.29, 1.82) is 0 Å². The number of nitrogens with one attached hydrogen (secondary N) is 2. The smallest absolute Gasteiger partial charge is 0.352 e. The van der Waals surface area contributed by atoms with E-state index in [1.165, 1.54) is 7.11 Å². The number of hydrogen-bond acceptors (Lipinski definition) is 13. The Kier molecular flexibility index (Phi) is 12.4. The SMILES string of the molecule is CCOP(=O)(OCC)[C@@H](NC(=O)[C@@]1(O)[C@@H]2N(C)c3cc(OC)c([C@@]4(C(=O)OC)C[C@@H]5CN(CCc6c4[nH]c4ccccc64)C[C@](O)(CC)C5)cc3C23CCN2CC=C[C@](CC)([C@H]23)[C@H]1O)C(C)C. The number of esters is 1. The molecule has 6 aliphatic rings. The Bertz CT molecular complexity index is 2490. The molecule has 1 saturated carbocycles. The number of aliphatic hydroxyl groups excluding tert-OH is 1. The molecule has 9 rings (SSSR count). The molecule has 15 nitrogen and oxygen atoms in total. The minimum absolute atomic E-state index is 0.0734. The first-order valence-electron chi connectivity index (χ1n) is 24.5. The molecule has 11 atom stereocenters. The minimum Gasteiger partial charge on any atom is -0.496 e. The number of H-pyrrole nitrogens is 1. The number of hydrogen-bond donors (Lipinski definition) is 5. The van der Waals surface area contributed by atoms with Crippen molar-refractivity contribution in [3.05, 3.63) is 70.9 Å². The molecule has 16 heteroatoms. The van der Waals surface area contributed by atoms with Gasteiger partial charge in [0.1, 0.15) is 23.1 Å². The largest absolute Gasteiger partial charge is 0.496 e. The van der Waals surface area contributed by atoms with Crippen LogP contribution in [0.3, 0.4) is 0 Å². The summed E-state index contributed by atoms with van der Waals surface area (Å²) in [6, 6.07) is 10.7. The van der Waals surface area contributed by atoms with Crippen molar-refractivity contribution in [1.82, 2.24) is 20.1 Å². The fourth-order valence-electron chi connectivity index (χ4n) is 14.4. The van der Waals surface area contributed by atoms with E-state index in [0.717, 1.165) is 27.7 Å². The van der Waals surface area contributed by atoms with Crippen molar-refractivity contribution in [2.75, 3.05) is 72.1 Å². The van der Waals surface area contributed by atoms with Crippen molar-refractivity contribution in [3.63, 3.8) is 0 Å². The molecule has 5 N–H and O–H groups in total. The summed E-state index contributed by atoms with van der Waals surface area (Å²) in [6.45, 7) is 14.4. The number of piperidine rings is 1. The van der Waals surface area contributed by atoms with Crippen LogP contribution in [0.2, 0.25) is 0 Å². The third-order valence-electron chi connectivity index (χ3n) is 17.1. The van der Waals surface area contributed by atoms with Crippen LogP contribution in [0.1, 0.15) is 96.0 Å². The third kappa shape index (κ3) is 6.79. The number of anilines is 1. The summed E-state index contributed by atoms with van der Waals surface area (Å²) in [6.07, 6.45) is 5.32. The third-order valence-corrected chi connectivity index (χ3v) is 19.7. The molecule has 2 aromatic carbocycles. The van der Waals surface area contributed by atoms with Gasteiger partial charge in [-0.15, -0.1) is 0 Å². The predicted octanol–water partition coefficient (Wildman–Crippen LogP) is 5.61. The summed E-state index contributed by atoms with van der Waals surface area (Å²) >= 11 is 0. The summed E-state index contributed by atoms with van der Waals surface area (Å²) in [7, 11) is 0.898. The van der Waals surface area contributed by atoms with Gasteiger partial charge in [-0.2, -0.15) is 0 Å². The van der Waals surface area contributed by atoms with Gasteiger partial charge in [0.25, 0.3) is 5.91 Å². The number of carbonyl (C=O) groups is 2. The van der Waals surface area contributed by atoms with Crippen molar-refractivity contribution in [2.24, 2.45) is 17.3 Å². The summed E-state index contributed by atoms with van der Waals surface area (Å²) in [5, 5.41) is 42.9. The number of aromatic nitrogens is 1. The predicted molar refractivity (Wildman–Crippen MR) is 256 cm³/mol. The molecule has 3 fully saturated rings. The fourth-order valence-corrected chi connectivity index (χ4v) is 16.6. The highest BCUT2D eigenvalue weighted by molar-refractivity contribution is 7.54. The van der Waals surface area contributed by atoms with Crippen LogP contribution in [0.25, 0.3) is 10.9 Å². The number of para-hydroxylation sites is 1. The lowest BCUT2D eigenvalue weighted by molar-refractivity contribution is -0.203. The molecule has 0 radical (unpaired) electrons. The number of likely N-dealkylation sites (N-methyl/N-ethyl adjacent to an activating group) is 1. The maximum atomic E-state index is 15.5. The van der Waals surface area contributed by atoms with Crippen molar-refractivity contribution < 1.29 is 48.0 Å². The molecule has 1 aromatic heterocycles. The Morgan fingerprint density at radius 3 is 2.37 bits per heavy atom. The second kappa shape index (κ2) is 17.3. The summed E-state index contributed by atoms with van der Waals surface area (Å²) in [5.74, 6) is -2.61. The maximum absolute atomic E-state index is 15.5. The number of amides is 1. The second-order valence-corrected chi connectivity index (χ2v) is 22.8. The summed E-state index contributed by atoms with van der Waals surface area (Å²) in [5.41, 5.74) is -2.27. The van der Waals surface area contributed by atoms with Gasteiger partial charge in [-0.05, 0) is 94.0 Å². The van der Waals surface area contributed by atoms with Crippen LogP contribution in [0.15, 0.2) is 48.6 Å². The van der Waals surface area contributed by atoms with Crippen LogP contribution in [0, 0.1) is 17.3 Å². The van der Waals surface area contributed by atoms with E-state index in [1.54, 1.807) is 21.0 Å². The monoisotopic (exact) mass is 946 g/mol. The van der Waals surface area contributed by atoms with Gasteiger partial charge in [0.15, 0.2) is 5.60 Å². The molecule has 2 saturated heterocycles. The number of nitrogens with zero attached hydrogens (tertiary/aromatic N) is 3.